The average molecular weight is 303 g/mol. The summed E-state index contributed by atoms with van der Waals surface area (Å²) in [5, 5.41) is 3.11. The van der Waals surface area contributed by atoms with E-state index in [4.69, 9.17) is 15.2 Å². The summed E-state index contributed by atoms with van der Waals surface area (Å²) >= 11 is 0. The Hall–Kier alpha value is -1.59. The minimum absolute atomic E-state index is 0.0101. The van der Waals surface area contributed by atoms with Crippen LogP contribution in [-0.2, 0) is 9.47 Å². The number of aliphatic imine (C=N–C) groups is 1. The fourth-order valence-corrected chi connectivity index (χ4v) is 3.17. The summed E-state index contributed by atoms with van der Waals surface area (Å²) in [4.78, 5) is 4.39. The Morgan fingerprint density at radius 3 is 2.95 bits per heavy atom. The SMILES string of the molecule is Cc1cccc(NC(N)=NCC2COC3(CCCCC3)O2)c1. The molecule has 1 aromatic rings. The number of hydrogen-bond donors (Lipinski definition) is 2. The van der Waals surface area contributed by atoms with Crippen LogP contribution in [0.5, 0.6) is 0 Å². The van der Waals surface area contributed by atoms with Gasteiger partial charge in [-0.1, -0.05) is 18.6 Å². The molecule has 1 saturated heterocycles. The minimum atomic E-state index is -0.336. The van der Waals surface area contributed by atoms with E-state index in [1.54, 1.807) is 0 Å². The molecule has 5 nitrogen and oxygen atoms in total. The van der Waals surface area contributed by atoms with Crippen molar-refractivity contribution in [2.75, 3.05) is 18.5 Å². The summed E-state index contributed by atoms with van der Waals surface area (Å²) < 4.78 is 12.0. The molecule has 1 atom stereocenters. The molecule has 1 aromatic carbocycles. The number of nitrogens with one attached hydrogen (secondary N) is 1. The quantitative estimate of drug-likeness (QED) is 0.665. The Balaban J connectivity index is 1.51. The molecule has 1 saturated carbocycles. The Morgan fingerprint density at radius 1 is 1.36 bits per heavy atom. The molecule has 1 unspecified atom stereocenters. The number of ether oxygens (including phenoxy) is 2. The van der Waals surface area contributed by atoms with Gasteiger partial charge in [0.2, 0.25) is 0 Å². The van der Waals surface area contributed by atoms with Gasteiger partial charge in [-0.3, -0.25) is 4.99 Å². The summed E-state index contributed by atoms with van der Waals surface area (Å²) in [5.41, 5.74) is 8.08. The number of nitrogens with zero attached hydrogens (tertiary/aromatic N) is 1. The molecule has 3 rings (SSSR count). The Bertz CT molecular complexity index is 538. The van der Waals surface area contributed by atoms with Crippen molar-refractivity contribution in [1.82, 2.24) is 0 Å². The van der Waals surface area contributed by atoms with E-state index in [0.717, 1.165) is 18.5 Å². The number of rotatable bonds is 3. The molecule has 0 aromatic heterocycles. The van der Waals surface area contributed by atoms with Gasteiger partial charge >= 0.3 is 0 Å². The van der Waals surface area contributed by atoms with Crippen molar-refractivity contribution in [3.63, 3.8) is 0 Å². The predicted octanol–water partition coefficient (Wildman–Crippen LogP) is 2.80. The average Bonchev–Trinajstić information content (AvgIpc) is 2.89. The van der Waals surface area contributed by atoms with Crippen LogP contribution in [0.25, 0.3) is 0 Å². The second kappa shape index (κ2) is 6.67. The molecule has 0 bridgehead atoms. The highest BCUT2D eigenvalue weighted by atomic mass is 16.7. The molecule has 2 fully saturated rings. The highest BCUT2D eigenvalue weighted by molar-refractivity contribution is 5.92. The number of benzene rings is 1. The van der Waals surface area contributed by atoms with Crippen LogP contribution in [0.3, 0.4) is 0 Å². The highest BCUT2D eigenvalue weighted by Gasteiger charge is 2.41. The zero-order chi connectivity index (χ0) is 15.4. The van der Waals surface area contributed by atoms with Crippen molar-refractivity contribution in [3.8, 4) is 0 Å². The normalized spacial score (nSPS) is 24.6. The Kier molecular flexibility index (Phi) is 4.64. The maximum Gasteiger partial charge on any atom is 0.193 e. The summed E-state index contributed by atoms with van der Waals surface area (Å²) in [7, 11) is 0. The van der Waals surface area contributed by atoms with Crippen LogP contribution in [0.4, 0.5) is 5.69 Å². The maximum atomic E-state index is 6.10. The third-order valence-electron chi connectivity index (χ3n) is 4.28. The van der Waals surface area contributed by atoms with Crippen LogP contribution >= 0.6 is 0 Å². The van der Waals surface area contributed by atoms with Crippen LogP contribution in [0.15, 0.2) is 29.3 Å². The number of hydrogen-bond acceptors (Lipinski definition) is 3. The van der Waals surface area contributed by atoms with E-state index in [0.29, 0.717) is 19.1 Å². The summed E-state index contributed by atoms with van der Waals surface area (Å²) in [6, 6.07) is 8.05. The lowest BCUT2D eigenvalue weighted by Crippen LogP contribution is -2.34. The van der Waals surface area contributed by atoms with Crippen molar-refractivity contribution in [2.24, 2.45) is 10.7 Å². The van der Waals surface area contributed by atoms with Gasteiger partial charge in [0.25, 0.3) is 0 Å². The second-order valence-corrected chi connectivity index (χ2v) is 6.24. The molecule has 1 aliphatic carbocycles. The smallest absolute Gasteiger partial charge is 0.193 e. The molecule has 2 aliphatic rings. The second-order valence-electron chi connectivity index (χ2n) is 6.24. The van der Waals surface area contributed by atoms with Gasteiger partial charge in [-0.05, 0) is 37.5 Å². The van der Waals surface area contributed by atoms with Gasteiger partial charge in [-0.2, -0.15) is 0 Å². The van der Waals surface area contributed by atoms with Gasteiger partial charge in [-0.25, -0.2) is 0 Å². The Morgan fingerprint density at radius 2 is 2.18 bits per heavy atom. The van der Waals surface area contributed by atoms with Crippen LogP contribution in [0.1, 0.15) is 37.7 Å². The lowest BCUT2D eigenvalue weighted by molar-refractivity contribution is -0.186. The van der Waals surface area contributed by atoms with Gasteiger partial charge in [0, 0.05) is 18.5 Å². The zero-order valence-corrected chi connectivity index (χ0v) is 13.2. The van der Waals surface area contributed by atoms with Crippen molar-refractivity contribution >= 4 is 11.6 Å². The lowest BCUT2D eigenvalue weighted by atomic mass is 9.94. The van der Waals surface area contributed by atoms with Gasteiger partial charge in [-0.15, -0.1) is 0 Å². The standard InChI is InChI=1S/C17H25N3O2/c1-13-6-5-7-14(10-13)20-16(18)19-11-15-12-21-17(22-15)8-3-2-4-9-17/h5-7,10,15H,2-4,8-9,11-12H2,1H3,(H3,18,19,20). The van der Waals surface area contributed by atoms with Crippen LogP contribution in [-0.4, -0.2) is 31.0 Å². The summed E-state index contributed by atoms with van der Waals surface area (Å²) in [6.45, 7) is 3.19. The highest BCUT2D eigenvalue weighted by Crippen LogP contribution is 2.37. The van der Waals surface area contributed by atoms with Crippen LogP contribution < -0.4 is 11.1 Å². The van der Waals surface area contributed by atoms with Crippen molar-refractivity contribution in [3.05, 3.63) is 29.8 Å². The maximum absolute atomic E-state index is 6.10. The van der Waals surface area contributed by atoms with Crippen molar-refractivity contribution in [2.45, 2.75) is 50.9 Å². The first-order chi connectivity index (χ1) is 10.7. The molecular formula is C17H25N3O2. The third kappa shape index (κ3) is 3.78. The van der Waals surface area contributed by atoms with Gasteiger partial charge < -0.3 is 20.5 Å². The predicted molar refractivity (Wildman–Crippen MR) is 87.9 cm³/mol. The van der Waals surface area contributed by atoms with E-state index in [1.165, 1.54) is 24.8 Å². The molecule has 1 heterocycles. The molecule has 1 spiro atoms. The monoisotopic (exact) mass is 303 g/mol. The minimum Gasteiger partial charge on any atom is -0.370 e. The fraction of sp³-hybridized carbons (Fsp3) is 0.588. The van der Waals surface area contributed by atoms with Crippen LogP contribution in [0, 0.1) is 6.92 Å². The number of guanidine groups is 1. The Labute approximate surface area is 131 Å². The molecule has 5 heteroatoms. The number of nitrogens with two attached hydrogens (primary N) is 1. The van der Waals surface area contributed by atoms with Gasteiger partial charge in [0.1, 0.15) is 6.10 Å². The molecule has 120 valence electrons. The molecule has 0 amide bonds. The molecule has 22 heavy (non-hydrogen) atoms. The van der Waals surface area contributed by atoms with E-state index in [-0.39, 0.29) is 11.9 Å². The molecule has 3 N–H and O–H groups in total. The van der Waals surface area contributed by atoms with Gasteiger partial charge in [0.05, 0.1) is 13.2 Å². The molecule has 0 radical (unpaired) electrons. The van der Waals surface area contributed by atoms with Gasteiger partial charge in [0.15, 0.2) is 11.7 Å². The van der Waals surface area contributed by atoms with E-state index >= 15 is 0 Å². The number of anilines is 1. The molecule has 1 aliphatic heterocycles. The van der Waals surface area contributed by atoms with E-state index in [1.807, 2.05) is 31.2 Å². The third-order valence-corrected chi connectivity index (χ3v) is 4.28. The van der Waals surface area contributed by atoms with E-state index in [9.17, 15) is 0 Å². The van der Waals surface area contributed by atoms with E-state index < -0.39 is 0 Å². The summed E-state index contributed by atoms with van der Waals surface area (Å²) in [5.74, 6) is 0.0794. The number of aryl methyl sites for hydroxylation is 1. The zero-order valence-electron chi connectivity index (χ0n) is 13.2. The summed E-state index contributed by atoms with van der Waals surface area (Å²) in [6.07, 6.45) is 5.68. The van der Waals surface area contributed by atoms with Crippen LogP contribution in [0.2, 0.25) is 0 Å². The first-order valence-electron chi connectivity index (χ1n) is 8.11. The van der Waals surface area contributed by atoms with Crippen molar-refractivity contribution < 1.29 is 9.47 Å². The van der Waals surface area contributed by atoms with E-state index in [2.05, 4.69) is 10.3 Å². The lowest BCUT2D eigenvalue weighted by Gasteiger charge is -2.31. The molecular weight excluding hydrogens is 278 g/mol. The fourth-order valence-electron chi connectivity index (χ4n) is 3.17. The largest absolute Gasteiger partial charge is 0.370 e. The first kappa shape index (κ1) is 15.3. The van der Waals surface area contributed by atoms with Crippen molar-refractivity contribution in [1.29, 1.82) is 0 Å². The topological polar surface area (TPSA) is 68.9 Å². The first-order valence-corrected chi connectivity index (χ1v) is 8.11.